The van der Waals surface area contributed by atoms with Gasteiger partial charge >= 0.3 is 0 Å². The molecule has 0 unspecified atom stereocenters. The molecule has 0 atom stereocenters. The molecule has 0 bridgehead atoms. The van der Waals surface area contributed by atoms with Crippen molar-refractivity contribution in [1.29, 1.82) is 0 Å². The molecule has 26 heavy (non-hydrogen) atoms. The zero-order valence-electron chi connectivity index (χ0n) is 14.0. The van der Waals surface area contributed by atoms with Gasteiger partial charge in [0, 0.05) is 34.9 Å². The van der Waals surface area contributed by atoms with Crippen molar-refractivity contribution in [2.75, 3.05) is 23.3 Å². The van der Waals surface area contributed by atoms with Crippen LogP contribution < -0.4 is 15.5 Å². The fraction of sp³-hybridized carbons (Fsp3) is 0.211. The Bertz CT molecular complexity index is 836. The molecular weight excluding hydrogens is 354 g/mol. The number of amides is 3. The summed E-state index contributed by atoms with van der Waals surface area (Å²) in [5, 5.41) is 5.82. The van der Waals surface area contributed by atoms with Gasteiger partial charge in [0.1, 0.15) is 0 Å². The van der Waals surface area contributed by atoms with Gasteiger partial charge in [0.2, 0.25) is 11.8 Å². The molecule has 1 heterocycles. The lowest BCUT2D eigenvalue weighted by atomic mass is 10.2. The molecular formula is C19H18ClN3O3. The largest absolute Gasteiger partial charge is 0.343 e. The second-order valence-corrected chi connectivity index (χ2v) is 6.37. The van der Waals surface area contributed by atoms with E-state index in [2.05, 4.69) is 10.6 Å². The van der Waals surface area contributed by atoms with E-state index in [1.54, 1.807) is 47.4 Å². The molecule has 1 saturated heterocycles. The number of rotatable bonds is 5. The first kappa shape index (κ1) is 17.9. The summed E-state index contributed by atoms with van der Waals surface area (Å²) in [4.78, 5) is 37.6. The zero-order chi connectivity index (χ0) is 18.5. The quantitative estimate of drug-likeness (QED) is 0.848. The van der Waals surface area contributed by atoms with E-state index in [4.69, 9.17) is 11.6 Å². The summed E-state index contributed by atoms with van der Waals surface area (Å²) >= 11 is 5.78. The van der Waals surface area contributed by atoms with E-state index in [0.29, 0.717) is 29.2 Å². The van der Waals surface area contributed by atoms with Crippen molar-refractivity contribution in [3.63, 3.8) is 0 Å². The topological polar surface area (TPSA) is 78.5 Å². The molecule has 134 valence electrons. The predicted octanol–water partition coefficient (Wildman–Crippen LogP) is 2.84. The molecule has 0 saturated carbocycles. The van der Waals surface area contributed by atoms with Crippen LogP contribution in [0.2, 0.25) is 5.02 Å². The van der Waals surface area contributed by atoms with Gasteiger partial charge in [-0.25, -0.2) is 0 Å². The first-order chi connectivity index (χ1) is 12.5. The van der Waals surface area contributed by atoms with Gasteiger partial charge in [-0.05, 0) is 48.9 Å². The molecule has 2 N–H and O–H groups in total. The Morgan fingerprint density at radius 2 is 1.88 bits per heavy atom. The maximum atomic E-state index is 12.1. The molecule has 2 aromatic carbocycles. The van der Waals surface area contributed by atoms with Crippen molar-refractivity contribution in [2.45, 2.75) is 12.8 Å². The van der Waals surface area contributed by atoms with E-state index in [-0.39, 0.29) is 24.3 Å². The minimum Gasteiger partial charge on any atom is -0.343 e. The van der Waals surface area contributed by atoms with E-state index >= 15 is 0 Å². The average molecular weight is 372 g/mol. The van der Waals surface area contributed by atoms with Crippen molar-refractivity contribution in [1.82, 2.24) is 5.32 Å². The number of hydrogen-bond donors (Lipinski definition) is 2. The van der Waals surface area contributed by atoms with Gasteiger partial charge in [0.15, 0.2) is 0 Å². The van der Waals surface area contributed by atoms with Crippen molar-refractivity contribution < 1.29 is 14.4 Å². The van der Waals surface area contributed by atoms with Crippen LogP contribution in [0.1, 0.15) is 23.2 Å². The van der Waals surface area contributed by atoms with E-state index in [1.165, 1.54) is 0 Å². The Hall–Kier alpha value is -2.86. The van der Waals surface area contributed by atoms with Crippen LogP contribution in [0.3, 0.4) is 0 Å². The molecule has 0 aliphatic carbocycles. The van der Waals surface area contributed by atoms with E-state index in [1.807, 2.05) is 6.07 Å². The highest BCUT2D eigenvalue weighted by atomic mass is 35.5. The summed E-state index contributed by atoms with van der Waals surface area (Å²) in [5.74, 6) is -0.617. The molecule has 7 heteroatoms. The maximum absolute atomic E-state index is 12.1. The monoisotopic (exact) mass is 371 g/mol. The van der Waals surface area contributed by atoms with Crippen LogP contribution in [0.5, 0.6) is 0 Å². The number of halogens is 1. The van der Waals surface area contributed by atoms with Gasteiger partial charge in [-0.15, -0.1) is 0 Å². The highest BCUT2D eigenvalue weighted by Crippen LogP contribution is 2.24. The molecule has 0 spiro atoms. The summed E-state index contributed by atoms with van der Waals surface area (Å²) < 4.78 is 0. The predicted molar refractivity (Wildman–Crippen MR) is 100 cm³/mol. The van der Waals surface area contributed by atoms with Crippen molar-refractivity contribution in [3.8, 4) is 0 Å². The fourth-order valence-corrected chi connectivity index (χ4v) is 2.87. The minimum atomic E-state index is -0.353. The number of benzene rings is 2. The molecule has 3 amide bonds. The minimum absolute atomic E-state index is 0.0868. The van der Waals surface area contributed by atoms with Gasteiger partial charge in [0.05, 0.1) is 6.54 Å². The lowest BCUT2D eigenvalue weighted by Gasteiger charge is -2.16. The first-order valence-corrected chi connectivity index (χ1v) is 8.65. The lowest BCUT2D eigenvalue weighted by Crippen LogP contribution is -2.32. The summed E-state index contributed by atoms with van der Waals surface area (Å²) in [5.41, 5.74) is 1.76. The average Bonchev–Trinajstić information content (AvgIpc) is 3.06. The summed E-state index contributed by atoms with van der Waals surface area (Å²) in [7, 11) is 0. The van der Waals surface area contributed by atoms with Crippen molar-refractivity contribution in [3.05, 3.63) is 59.1 Å². The molecule has 2 aromatic rings. The van der Waals surface area contributed by atoms with Gasteiger partial charge in [-0.3, -0.25) is 14.4 Å². The smallest absolute Gasteiger partial charge is 0.251 e. The van der Waals surface area contributed by atoms with Crippen LogP contribution in [-0.4, -0.2) is 30.8 Å². The number of nitrogens with zero attached hydrogens (tertiary/aromatic N) is 1. The number of anilines is 2. The van der Waals surface area contributed by atoms with Crippen LogP contribution >= 0.6 is 11.6 Å². The van der Waals surface area contributed by atoms with Crippen LogP contribution in [0.25, 0.3) is 0 Å². The molecule has 6 nitrogen and oxygen atoms in total. The summed E-state index contributed by atoms with van der Waals surface area (Å²) in [6.45, 7) is 0.529. The van der Waals surface area contributed by atoms with Gasteiger partial charge < -0.3 is 15.5 Å². The normalized spacial score (nSPS) is 13.6. The van der Waals surface area contributed by atoms with E-state index in [9.17, 15) is 14.4 Å². The van der Waals surface area contributed by atoms with Gasteiger partial charge in [-0.1, -0.05) is 17.7 Å². The first-order valence-electron chi connectivity index (χ1n) is 8.27. The highest BCUT2D eigenvalue weighted by Gasteiger charge is 2.21. The third kappa shape index (κ3) is 4.40. The van der Waals surface area contributed by atoms with Gasteiger partial charge in [-0.2, -0.15) is 0 Å². The Balaban J connectivity index is 1.55. The Morgan fingerprint density at radius 3 is 2.58 bits per heavy atom. The second-order valence-electron chi connectivity index (χ2n) is 5.94. The number of carbonyl (C=O) groups is 3. The second kappa shape index (κ2) is 8.01. The maximum Gasteiger partial charge on any atom is 0.251 e. The zero-order valence-corrected chi connectivity index (χ0v) is 14.8. The Morgan fingerprint density at radius 1 is 1.12 bits per heavy atom. The van der Waals surface area contributed by atoms with Gasteiger partial charge in [0.25, 0.3) is 5.91 Å². The summed E-state index contributed by atoms with van der Waals surface area (Å²) in [6, 6.07) is 13.5. The van der Waals surface area contributed by atoms with Crippen LogP contribution in [0, 0.1) is 0 Å². The van der Waals surface area contributed by atoms with Crippen LogP contribution in [-0.2, 0) is 9.59 Å². The SMILES string of the molecule is O=C(CNC(=O)c1ccc(Cl)cc1)Nc1cccc(N2CCCC2=O)c1. The Kier molecular flexibility index (Phi) is 5.53. The lowest BCUT2D eigenvalue weighted by molar-refractivity contribution is -0.117. The number of carbonyl (C=O) groups excluding carboxylic acids is 3. The third-order valence-corrected chi connectivity index (χ3v) is 4.28. The van der Waals surface area contributed by atoms with E-state index < -0.39 is 0 Å². The molecule has 0 radical (unpaired) electrons. The molecule has 1 fully saturated rings. The third-order valence-electron chi connectivity index (χ3n) is 4.03. The van der Waals surface area contributed by atoms with Crippen LogP contribution in [0.15, 0.2) is 48.5 Å². The molecule has 1 aliphatic heterocycles. The van der Waals surface area contributed by atoms with Crippen LogP contribution in [0.4, 0.5) is 11.4 Å². The highest BCUT2D eigenvalue weighted by molar-refractivity contribution is 6.30. The summed E-state index contributed by atoms with van der Waals surface area (Å²) in [6.07, 6.45) is 1.39. The molecule has 0 aromatic heterocycles. The number of hydrogen-bond acceptors (Lipinski definition) is 3. The van der Waals surface area contributed by atoms with Crippen molar-refractivity contribution >= 4 is 40.7 Å². The van der Waals surface area contributed by atoms with Crippen molar-refractivity contribution in [2.24, 2.45) is 0 Å². The Labute approximate surface area is 156 Å². The van der Waals surface area contributed by atoms with E-state index in [0.717, 1.165) is 12.1 Å². The molecule has 3 rings (SSSR count). The number of nitrogens with one attached hydrogen (secondary N) is 2. The molecule has 1 aliphatic rings. The fourth-order valence-electron chi connectivity index (χ4n) is 2.74. The standard InChI is InChI=1S/C19H18ClN3O3/c20-14-8-6-13(7-9-14)19(26)21-12-17(24)22-15-3-1-4-16(11-15)23-10-2-5-18(23)25/h1,3-4,6-9,11H,2,5,10,12H2,(H,21,26)(H,22,24).